The van der Waals surface area contributed by atoms with Crippen molar-refractivity contribution in [2.24, 2.45) is 10.9 Å². The normalized spacial score (nSPS) is 19.5. The zero-order valence-electron chi connectivity index (χ0n) is 18.9. The summed E-state index contributed by atoms with van der Waals surface area (Å²) in [6.45, 7) is 8.24. The molecule has 1 unspecified atom stereocenters. The summed E-state index contributed by atoms with van der Waals surface area (Å²) in [6, 6.07) is 8.56. The second kappa shape index (κ2) is 10.7. The number of nitrogens with zero attached hydrogens (tertiary/aromatic N) is 4. The van der Waals surface area contributed by atoms with Crippen molar-refractivity contribution in [3.8, 4) is 0 Å². The van der Waals surface area contributed by atoms with Crippen molar-refractivity contribution in [2.75, 3.05) is 44.7 Å². The number of furan rings is 1. The molecule has 2 N–H and O–H groups in total. The highest BCUT2D eigenvalue weighted by atomic mass is 16.3. The molecule has 7 nitrogen and oxygen atoms in total. The predicted molar refractivity (Wildman–Crippen MR) is 125 cm³/mol. The first-order valence-corrected chi connectivity index (χ1v) is 11.6. The molecular formula is C24H36N6O. The van der Waals surface area contributed by atoms with E-state index in [0.29, 0.717) is 6.54 Å². The van der Waals surface area contributed by atoms with Gasteiger partial charge in [0.2, 0.25) is 0 Å². The zero-order valence-corrected chi connectivity index (χ0v) is 18.9. The van der Waals surface area contributed by atoms with Gasteiger partial charge in [0.15, 0.2) is 5.96 Å². The fraction of sp³-hybridized carbons (Fsp3) is 0.583. The number of anilines is 1. The molecule has 2 aliphatic rings. The Bertz CT molecular complexity index is 805. The largest absolute Gasteiger partial charge is 0.468 e. The summed E-state index contributed by atoms with van der Waals surface area (Å²) in [7, 11) is 1.81. The van der Waals surface area contributed by atoms with E-state index in [1.807, 2.05) is 19.3 Å². The van der Waals surface area contributed by atoms with Crippen molar-refractivity contribution in [1.82, 2.24) is 20.5 Å². The minimum atomic E-state index is 0.226. The highest BCUT2D eigenvalue weighted by Gasteiger charge is 2.25. The molecule has 168 valence electrons. The van der Waals surface area contributed by atoms with Gasteiger partial charge in [-0.15, -0.1) is 0 Å². The topological polar surface area (TPSA) is 68.9 Å². The molecule has 2 aliphatic heterocycles. The van der Waals surface area contributed by atoms with Crippen molar-refractivity contribution in [3.05, 3.63) is 48.0 Å². The van der Waals surface area contributed by atoms with Gasteiger partial charge in [0.05, 0.1) is 12.3 Å². The van der Waals surface area contributed by atoms with E-state index in [-0.39, 0.29) is 6.04 Å². The Hall–Kier alpha value is -2.54. The van der Waals surface area contributed by atoms with Gasteiger partial charge in [-0.25, -0.2) is 4.98 Å². The smallest absolute Gasteiger partial charge is 0.191 e. The minimum absolute atomic E-state index is 0.226. The molecular weight excluding hydrogens is 388 g/mol. The van der Waals surface area contributed by atoms with E-state index < -0.39 is 0 Å². The maximum absolute atomic E-state index is 5.72. The van der Waals surface area contributed by atoms with Crippen LogP contribution in [0, 0.1) is 5.92 Å². The lowest BCUT2D eigenvalue weighted by atomic mass is 9.99. The summed E-state index contributed by atoms with van der Waals surface area (Å²) in [6.07, 6.45) is 8.75. The SMILES string of the molecule is CN=C(NCc1ccc(N2CCC(C)CC2)nc1)NCC(c1ccco1)N1CCCC1. The molecule has 0 amide bonds. The summed E-state index contributed by atoms with van der Waals surface area (Å²) < 4.78 is 5.72. The first-order chi connectivity index (χ1) is 15.2. The third-order valence-corrected chi connectivity index (χ3v) is 6.52. The lowest BCUT2D eigenvalue weighted by molar-refractivity contribution is 0.215. The van der Waals surface area contributed by atoms with Crippen LogP contribution in [0.25, 0.3) is 0 Å². The monoisotopic (exact) mass is 424 g/mol. The summed E-state index contributed by atoms with van der Waals surface area (Å²) >= 11 is 0. The fourth-order valence-electron chi connectivity index (χ4n) is 4.49. The number of likely N-dealkylation sites (tertiary alicyclic amines) is 1. The first kappa shape index (κ1) is 21.7. The number of guanidine groups is 1. The molecule has 0 bridgehead atoms. The van der Waals surface area contributed by atoms with Gasteiger partial charge in [0.25, 0.3) is 0 Å². The van der Waals surface area contributed by atoms with Crippen LogP contribution in [0.1, 0.15) is 50.0 Å². The summed E-state index contributed by atoms with van der Waals surface area (Å²) in [4.78, 5) is 14.0. The van der Waals surface area contributed by atoms with E-state index in [1.54, 1.807) is 6.26 Å². The molecule has 2 aromatic rings. The Morgan fingerprint density at radius 1 is 1.16 bits per heavy atom. The summed E-state index contributed by atoms with van der Waals surface area (Å²) in [5.74, 6) is 3.73. The number of rotatable bonds is 7. The van der Waals surface area contributed by atoms with E-state index in [2.05, 4.69) is 50.5 Å². The third-order valence-electron chi connectivity index (χ3n) is 6.52. The maximum Gasteiger partial charge on any atom is 0.191 e. The number of piperidine rings is 1. The van der Waals surface area contributed by atoms with E-state index in [4.69, 9.17) is 9.40 Å². The first-order valence-electron chi connectivity index (χ1n) is 11.6. The van der Waals surface area contributed by atoms with E-state index in [0.717, 1.165) is 61.7 Å². The predicted octanol–water partition coefficient (Wildman–Crippen LogP) is 3.41. The number of nitrogens with one attached hydrogen (secondary N) is 2. The number of aromatic nitrogens is 1. The Morgan fingerprint density at radius 3 is 2.61 bits per heavy atom. The average Bonchev–Trinajstić information content (AvgIpc) is 3.52. The highest BCUT2D eigenvalue weighted by Crippen LogP contribution is 2.25. The lowest BCUT2D eigenvalue weighted by Gasteiger charge is -2.31. The molecule has 2 fully saturated rings. The van der Waals surface area contributed by atoms with Crippen LogP contribution in [0.3, 0.4) is 0 Å². The minimum Gasteiger partial charge on any atom is -0.468 e. The maximum atomic E-state index is 5.72. The van der Waals surface area contributed by atoms with Crippen LogP contribution < -0.4 is 15.5 Å². The standard InChI is InChI=1S/C24H36N6O/c1-19-9-13-30(14-10-19)23-8-7-20(16-26-23)17-27-24(25-2)28-18-21(22-6-5-15-31-22)29-11-3-4-12-29/h5-8,15-16,19,21H,3-4,9-14,17-18H2,1-2H3,(H2,25,27,28). The van der Waals surface area contributed by atoms with E-state index in [1.165, 1.54) is 25.7 Å². The number of pyridine rings is 1. The Morgan fingerprint density at radius 2 is 1.97 bits per heavy atom. The van der Waals surface area contributed by atoms with Crippen LogP contribution in [-0.4, -0.2) is 55.6 Å². The quantitative estimate of drug-likeness (QED) is 0.524. The van der Waals surface area contributed by atoms with Gasteiger partial charge >= 0.3 is 0 Å². The van der Waals surface area contributed by atoms with Gasteiger partial charge in [-0.2, -0.15) is 0 Å². The van der Waals surface area contributed by atoms with Crippen LogP contribution in [-0.2, 0) is 6.54 Å². The molecule has 31 heavy (non-hydrogen) atoms. The van der Waals surface area contributed by atoms with Crippen molar-refractivity contribution in [2.45, 2.75) is 45.2 Å². The van der Waals surface area contributed by atoms with Gasteiger partial charge < -0.3 is 20.0 Å². The van der Waals surface area contributed by atoms with Gasteiger partial charge in [-0.05, 0) is 68.5 Å². The van der Waals surface area contributed by atoms with Gasteiger partial charge in [-0.3, -0.25) is 9.89 Å². The highest BCUT2D eigenvalue weighted by molar-refractivity contribution is 5.79. The number of hydrogen-bond acceptors (Lipinski definition) is 5. The molecule has 0 saturated carbocycles. The van der Waals surface area contributed by atoms with E-state index in [9.17, 15) is 0 Å². The van der Waals surface area contributed by atoms with Crippen LogP contribution in [0.2, 0.25) is 0 Å². The molecule has 0 aliphatic carbocycles. The zero-order chi connectivity index (χ0) is 21.5. The van der Waals surface area contributed by atoms with Gasteiger partial charge in [-0.1, -0.05) is 13.0 Å². The fourth-order valence-corrected chi connectivity index (χ4v) is 4.49. The van der Waals surface area contributed by atoms with Crippen molar-refractivity contribution in [3.63, 3.8) is 0 Å². The van der Waals surface area contributed by atoms with Crippen molar-refractivity contribution >= 4 is 11.8 Å². The third kappa shape index (κ3) is 5.79. The second-order valence-corrected chi connectivity index (χ2v) is 8.78. The molecule has 0 aromatic carbocycles. The Balaban J connectivity index is 1.28. The molecule has 4 rings (SSSR count). The molecule has 7 heteroatoms. The van der Waals surface area contributed by atoms with Gasteiger partial charge in [0, 0.05) is 39.4 Å². The lowest BCUT2D eigenvalue weighted by Crippen LogP contribution is -2.42. The van der Waals surface area contributed by atoms with E-state index >= 15 is 0 Å². The summed E-state index contributed by atoms with van der Waals surface area (Å²) in [5, 5.41) is 6.90. The van der Waals surface area contributed by atoms with Crippen molar-refractivity contribution < 1.29 is 4.42 Å². The molecule has 2 aromatic heterocycles. The molecule has 1 atom stereocenters. The van der Waals surface area contributed by atoms with Crippen LogP contribution in [0.5, 0.6) is 0 Å². The van der Waals surface area contributed by atoms with Crippen molar-refractivity contribution in [1.29, 1.82) is 0 Å². The Labute approximate surface area is 185 Å². The number of hydrogen-bond donors (Lipinski definition) is 2. The van der Waals surface area contributed by atoms with Crippen LogP contribution in [0.4, 0.5) is 5.82 Å². The Kier molecular flexibility index (Phi) is 7.46. The molecule has 2 saturated heterocycles. The molecule has 4 heterocycles. The molecule has 0 radical (unpaired) electrons. The van der Waals surface area contributed by atoms with Crippen LogP contribution >= 0.6 is 0 Å². The summed E-state index contributed by atoms with van der Waals surface area (Å²) in [5.41, 5.74) is 1.15. The average molecular weight is 425 g/mol. The second-order valence-electron chi connectivity index (χ2n) is 8.78. The number of aliphatic imine (C=N–C) groups is 1. The van der Waals surface area contributed by atoms with Gasteiger partial charge in [0.1, 0.15) is 11.6 Å². The van der Waals surface area contributed by atoms with Crippen LogP contribution in [0.15, 0.2) is 46.1 Å². The molecule has 0 spiro atoms.